The van der Waals surface area contributed by atoms with Crippen LogP contribution in [0, 0.1) is 12.0 Å². The summed E-state index contributed by atoms with van der Waals surface area (Å²) in [6, 6.07) is 14.1. The molecular weight excluding hydrogens is 318 g/mol. The van der Waals surface area contributed by atoms with Gasteiger partial charge < -0.3 is 21.8 Å². The Morgan fingerprint density at radius 1 is 1.12 bits per heavy atom. The predicted octanol–water partition coefficient (Wildman–Crippen LogP) is 1.98. The van der Waals surface area contributed by atoms with E-state index in [-0.39, 0.29) is 5.91 Å². The predicted molar refractivity (Wildman–Crippen MR) is 96.7 cm³/mol. The van der Waals surface area contributed by atoms with Crippen LogP contribution in [-0.4, -0.2) is 16.9 Å². The number of nitrogens with one attached hydrogen (secondary N) is 3. The van der Waals surface area contributed by atoms with Crippen molar-refractivity contribution in [1.82, 2.24) is 10.3 Å². The first-order valence-corrected chi connectivity index (χ1v) is 7.38. The molecule has 1 heterocycles. The molecule has 0 saturated carbocycles. The van der Waals surface area contributed by atoms with E-state index in [1.807, 2.05) is 24.3 Å². The second-order valence-electron chi connectivity index (χ2n) is 5.25. The van der Waals surface area contributed by atoms with Gasteiger partial charge in [0.25, 0.3) is 5.91 Å². The summed E-state index contributed by atoms with van der Waals surface area (Å²) in [5.74, 6) is 2.44. The molecule has 7 nitrogen and oxygen atoms in total. The second kappa shape index (κ2) is 6.68. The van der Waals surface area contributed by atoms with Crippen LogP contribution in [-0.2, 0) is 0 Å². The number of nitrogens with two attached hydrogens (primary N) is 2. The molecule has 0 aliphatic rings. The van der Waals surface area contributed by atoms with Crippen molar-refractivity contribution in [1.29, 1.82) is 0 Å². The van der Waals surface area contributed by atoms with Gasteiger partial charge in [0.05, 0.1) is 16.8 Å². The Bertz CT molecular complexity index is 1030. The van der Waals surface area contributed by atoms with Gasteiger partial charge in [0.2, 0.25) is 0 Å². The molecule has 3 amide bonds. The minimum absolute atomic E-state index is 0.329. The molecule has 0 fully saturated rings. The van der Waals surface area contributed by atoms with Crippen molar-refractivity contribution in [3.05, 3.63) is 59.8 Å². The Hall–Kier alpha value is -3.92. The average molecular weight is 333 g/mol. The number of urea groups is 1. The van der Waals surface area contributed by atoms with E-state index in [0.29, 0.717) is 22.5 Å². The maximum absolute atomic E-state index is 12.3. The van der Waals surface area contributed by atoms with E-state index in [1.54, 1.807) is 18.3 Å². The summed E-state index contributed by atoms with van der Waals surface area (Å²) in [6.45, 7) is 0. The topological polar surface area (TPSA) is 126 Å². The summed E-state index contributed by atoms with van der Waals surface area (Å²) in [5, 5.41) is 5.78. The molecule has 2 aromatic carbocycles. The first-order chi connectivity index (χ1) is 12.0. The molecule has 25 heavy (non-hydrogen) atoms. The number of aromatic amines is 1. The molecule has 3 rings (SSSR count). The van der Waals surface area contributed by atoms with Gasteiger partial charge >= 0.3 is 6.03 Å². The van der Waals surface area contributed by atoms with Gasteiger partial charge in [0.15, 0.2) is 0 Å². The Labute approximate surface area is 143 Å². The summed E-state index contributed by atoms with van der Waals surface area (Å²) < 4.78 is 0. The number of anilines is 2. The minimum Gasteiger partial charge on any atom is -0.399 e. The molecular formula is C18H15N5O2. The van der Waals surface area contributed by atoms with Crippen LogP contribution in [0.25, 0.3) is 10.9 Å². The third kappa shape index (κ3) is 3.54. The van der Waals surface area contributed by atoms with Gasteiger partial charge in [0, 0.05) is 28.8 Å². The molecule has 0 radical (unpaired) electrons. The van der Waals surface area contributed by atoms with Crippen LogP contribution in [0.5, 0.6) is 0 Å². The van der Waals surface area contributed by atoms with Crippen LogP contribution < -0.4 is 22.1 Å². The van der Waals surface area contributed by atoms with E-state index in [1.165, 1.54) is 6.07 Å². The quantitative estimate of drug-likeness (QED) is 0.279. The number of nitrogen functional groups attached to an aromatic ring is 1. The van der Waals surface area contributed by atoms with Crippen LogP contribution in [0.3, 0.4) is 0 Å². The number of hydrogen-bond acceptors (Lipinski definition) is 3. The lowest BCUT2D eigenvalue weighted by Gasteiger charge is -2.05. The number of hydrogen-bond donors (Lipinski definition) is 5. The molecule has 7 heteroatoms. The average Bonchev–Trinajstić information content (AvgIpc) is 3.00. The number of carbonyl (C=O) groups is 2. The highest BCUT2D eigenvalue weighted by Gasteiger charge is 2.10. The largest absolute Gasteiger partial charge is 0.399 e. The normalized spacial score (nSPS) is 9.92. The Morgan fingerprint density at radius 2 is 1.92 bits per heavy atom. The summed E-state index contributed by atoms with van der Waals surface area (Å²) >= 11 is 0. The van der Waals surface area contributed by atoms with Crippen LogP contribution >= 0.6 is 0 Å². The van der Waals surface area contributed by atoms with Crippen molar-refractivity contribution in [2.45, 2.75) is 0 Å². The Balaban J connectivity index is 1.81. The zero-order chi connectivity index (χ0) is 17.8. The summed E-state index contributed by atoms with van der Waals surface area (Å²) in [6.07, 6.45) is 1.63. The monoisotopic (exact) mass is 333 g/mol. The third-order valence-corrected chi connectivity index (χ3v) is 3.51. The van der Waals surface area contributed by atoms with Gasteiger partial charge in [-0.3, -0.25) is 10.1 Å². The summed E-state index contributed by atoms with van der Waals surface area (Å²) in [7, 11) is 0. The molecule has 1 aromatic heterocycles. The zero-order valence-corrected chi connectivity index (χ0v) is 13.1. The number of benzene rings is 2. The van der Waals surface area contributed by atoms with Crippen molar-refractivity contribution in [2.24, 2.45) is 5.73 Å². The number of carbonyl (C=O) groups excluding carboxylic acids is 2. The van der Waals surface area contributed by atoms with Gasteiger partial charge in [-0.2, -0.15) is 0 Å². The molecule has 7 N–H and O–H groups in total. The van der Waals surface area contributed by atoms with E-state index in [4.69, 9.17) is 11.5 Å². The van der Waals surface area contributed by atoms with E-state index < -0.39 is 6.03 Å². The lowest BCUT2D eigenvalue weighted by atomic mass is 10.1. The number of para-hydroxylation sites is 1. The number of fused-ring (bicyclic) bond motifs is 1. The standard InChI is InChI=1S/C18H15N5O2/c19-12-6-5-11(16(9-12)23-18(20)25)7-8-21-17(24)14-10-22-15-4-2-1-3-13(14)15/h1-6,9-10,22H,19H2,(H,21,24)(H3,20,23,25). The fourth-order valence-corrected chi connectivity index (χ4v) is 2.39. The SMILES string of the molecule is NC(=O)Nc1cc(N)ccc1C#CNC(=O)c1c[nH]c2ccccc12. The number of rotatable bonds is 2. The molecule has 0 aliphatic heterocycles. The molecule has 0 bridgehead atoms. The molecule has 0 atom stereocenters. The summed E-state index contributed by atoms with van der Waals surface area (Å²) in [4.78, 5) is 26.4. The fourth-order valence-electron chi connectivity index (χ4n) is 2.39. The maximum Gasteiger partial charge on any atom is 0.316 e. The molecule has 0 saturated heterocycles. The highest BCUT2D eigenvalue weighted by atomic mass is 16.2. The van der Waals surface area contributed by atoms with Gasteiger partial charge in [-0.15, -0.1) is 0 Å². The maximum atomic E-state index is 12.3. The molecule has 3 aromatic rings. The van der Waals surface area contributed by atoms with E-state index in [2.05, 4.69) is 27.6 Å². The zero-order valence-electron chi connectivity index (χ0n) is 13.1. The first-order valence-electron chi connectivity index (χ1n) is 7.38. The van der Waals surface area contributed by atoms with Crippen molar-refractivity contribution in [3.63, 3.8) is 0 Å². The smallest absolute Gasteiger partial charge is 0.316 e. The van der Waals surface area contributed by atoms with Gasteiger partial charge in [-0.25, -0.2) is 4.79 Å². The van der Waals surface area contributed by atoms with Gasteiger partial charge in [-0.05, 0) is 30.2 Å². The van der Waals surface area contributed by atoms with Gasteiger partial charge in [-0.1, -0.05) is 18.2 Å². The highest BCUT2D eigenvalue weighted by molar-refractivity contribution is 6.07. The number of H-pyrrole nitrogens is 1. The van der Waals surface area contributed by atoms with E-state index in [9.17, 15) is 9.59 Å². The second-order valence-corrected chi connectivity index (χ2v) is 5.25. The molecule has 0 unspecified atom stereocenters. The minimum atomic E-state index is -0.725. The summed E-state index contributed by atoms with van der Waals surface area (Å²) in [5.41, 5.74) is 13.5. The lowest BCUT2D eigenvalue weighted by molar-refractivity contribution is 0.0975. The Morgan fingerprint density at radius 3 is 2.72 bits per heavy atom. The van der Waals surface area contributed by atoms with E-state index >= 15 is 0 Å². The van der Waals surface area contributed by atoms with Gasteiger partial charge in [0.1, 0.15) is 0 Å². The molecule has 0 spiro atoms. The fraction of sp³-hybridized carbons (Fsp3) is 0. The number of primary amides is 1. The van der Waals surface area contributed by atoms with Crippen molar-refractivity contribution in [2.75, 3.05) is 11.1 Å². The van der Waals surface area contributed by atoms with Crippen LogP contribution in [0.2, 0.25) is 0 Å². The highest BCUT2D eigenvalue weighted by Crippen LogP contribution is 2.19. The van der Waals surface area contributed by atoms with Crippen molar-refractivity contribution in [3.8, 4) is 12.0 Å². The van der Waals surface area contributed by atoms with Crippen LogP contribution in [0.1, 0.15) is 15.9 Å². The molecule has 0 aliphatic carbocycles. The van der Waals surface area contributed by atoms with Crippen molar-refractivity contribution >= 4 is 34.2 Å². The lowest BCUT2D eigenvalue weighted by Crippen LogP contribution is -2.20. The van der Waals surface area contributed by atoms with E-state index in [0.717, 1.165) is 10.9 Å². The number of amides is 3. The van der Waals surface area contributed by atoms with Crippen LogP contribution in [0.4, 0.5) is 16.2 Å². The third-order valence-electron chi connectivity index (χ3n) is 3.51. The molecule has 124 valence electrons. The van der Waals surface area contributed by atoms with Crippen molar-refractivity contribution < 1.29 is 9.59 Å². The van der Waals surface area contributed by atoms with Crippen LogP contribution in [0.15, 0.2) is 48.7 Å². The Kier molecular flexibility index (Phi) is 4.26. The number of aromatic nitrogens is 1. The first kappa shape index (κ1) is 16.0.